The zero-order valence-electron chi connectivity index (χ0n) is 12.4. The van der Waals surface area contributed by atoms with E-state index in [1.54, 1.807) is 7.05 Å². The van der Waals surface area contributed by atoms with Gasteiger partial charge < -0.3 is 19.9 Å². The van der Waals surface area contributed by atoms with Crippen LogP contribution in [0.3, 0.4) is 0 Å². The van der Waals surface area contributed by atoms with E-state index < -0.39 is 0 Å². The van der Waals surface area contributed by atoms with E-state index in [1.807, 2.05) is 0 Å². The normalized spacial score (nSPS) is 30.7. The number of ether oxygens (including phenoxy) is 1. The van der Waals surface area contributed by atoms with Gasteiger partial charge in [0.15, 0.2) is 11.8 Å². The highest BCUT2D eigenvalue weighted by molar-refractivity contribution is 5.80. The molecule has 2 fully saturated rings. The van der Waals surface area contributed by atoms with Crippen LogP contribution in [0.25, 0.3) is 0 Å². The highest BCUT2D eigenvalue weighted by Gasteiger charge is 2.41. The monoisotopic (exact) mass is 290 g/mol. The summed E-state index contributed by atoms with van der Waals surface area (Å²) in [5.74, 6) is 2.93. The number of fused-ring (bicyclic) bond motifs is 3. The van der Waals surface area contributed by atoms with Crippen LogP contribution in [0.4, 0.5) is 0 Å². The van der Waals surface area contributed by atoms with Crippen LogP contribution < -0.4 is 10.6 Å². The molecule has 0 aliphatic carbocycles. The van der Waals surface area contributed by atoms with Gasteiger partial charge in [0.2, 0.25) is 0 Å². The van der Waals surface area contributed by atoms with Crippen molar-refractivity contribution in [2.75, 3.05) is 7.05 Å². The molecule has 0 aromatic carbocycles. The van der Waals surface area contributed by atoms with Crippen molar-refractivity contribution in [1.29, 1.82) is 0 Å². The molecule has 0 spiro atoms. The Bertz CT molecular complexity index is 554. The Morgan fingerprint density at radius 3 is 3.14 bits per heavy atom. The van der Waals surface area contributed by atoms with E-state index in [-0.39, 0.29) is 0 Å². The lowest BCUT2D eigenvalue weighted by molar-refractivity contribution is 0.0992. The van der Waals surface area contributed by atoms with Crippen molar-refractivity contribution < 1.29 is 4.74 Å². The standard InChI is InChI=1S/C14H22N6O/c1-15-14(17-10-7-9-4-5-11(10)21-9)16-8-13-19-18-12-3-2-6-20(12)13/h9-11H,2-8H2,1H3,(H2,15,16,17). The van der Waals surface area contributed by atoms with Crippen LogP contribution in [0.1, 0.15) is 37.3 Å². The first-order valence-electron chi connectivity index (χ1n) is 7.87. The summed E-state index contributed by atoms with van der Waals surface area (Å²) in [6.45, 7) is 1.69. The molecule has 1 aromatic rings. The lowest BCUT2D eigenvalue weighted by Gasteiger charge is -2.22. The summed E-state index contributed by atoms with van der Waals surface area (Å²) in [6.07, 6.45) is 6.48. The third-order valence-corrected chi connectivity index (χ3v) is 4.75. The SMILES string of the molecule is CN=C(NCc1nnc2n1CCC2)NC1CC2CCC1O2. The Labute approximate surface area is 124 Å². The zero-order chi connectivity index (χ0) is 14.2. The van der Waals surface area contributed by atoms with Gasteiger partial charge >= 0.3 is 0 Å². The summed E-state index contributed by atoms with van der Waals surface area (Å²) < 4.78 is 8.08. The Morgan fingerprint density at radius 2 is 2.38 bits per heavy atom. The summed E-state index contributed by atoms with van der Waals surface area (Å²) in [5.41, 5.74) is 0. The van der Waals surface area contributed by atoms with E-state index in [2.05, 4.69) is 30.4 Å². The van der Waals surface area contributed by atoms with Crippen molar-refractivity contribution in [3.63, 3.8) is 0 Å². The molecule has 4 heterocycles. The molecule has 1 aromatic heterocycles. The molecule has 4 rings (SSSR count). The maximum atomic E-state index is 5.87. The number of nitrogens with one attached hydrogen (secondary N) is 2. The third-order valence-electron chi connectivity index (χ3n) is 4.75. The lowest BCUT2D eigenvalue weighted by atomic mass is 9.96. The van der Waals surface area contributed by atoms with E-state index in [4.69, 9.17) is 4.74 Å². The van der Waals surface area contributed by atoms with Crippen LogP contribution in [-0.2, 0) is 24.2 Å². The van der Waals surface area contributed by atoms with Gasteiger partial charge in [0.1, 0.15) is 5.82 Å². The van der Waals surface area contributed by atoms with Gasteiger partial charge in [-0.05, 0) is 25.7 Å². The molecule has 21 heavy (non-hydrogen) atoms. The summed E-state index contributed by atoms with van der Waals surface area (Å²) in [6, 6.07) is 0.388. The second-order valence-electron chi connectivity index (χ2n) is 6.07. The Morgan fingerprint density at radius 1 is 1.43 bits per heavy atom. The molecule has 3 unspecified atom stereocenters. The number of hydrogen-bond donors (Lipinski definition) is 2. The molecule has 2 bridgehead atoms. The van der Waals surface area contributed by atoms with Crippen molar-refractivity contribution in [3.8, 4) is 0 Å². The average molecular weight is 290 g/mol. The van der Waals surface area contributed by atoms with Gasteiger partial charge in [-0.1, -0.05) is 0 Å². The van der Waals surface area contributed by atoms with Gasteiger partial charge in [-0.2, -0.15) is 0 Å². The number of aryl methyl sites for hydroxylation is 1. The fraction of sp³-hybridized carbons (Fsp3) is 0.786. The van der Waals surface area contributed by atoms with Gasteiger partial charge in [-0.25, -0.2) is 0 Å². The van der Waals surface area contributed by atoms with Gasteiger partial charge in [-0.3, -0.25) is 4.99 Å². The number of aromatic nitrogens is 3. The molecular weight excluding hydrogens is 268 g/mol. The predicted octanol–water partition coefficient (Wildman–Crippen LogP) is 0.209. The molecule has 3 atom stereocenters. The summed E-state index contributed by atoms with van der Waals surface area (Å²) >= 11 is 0. The fourth-order valence-electron chi connectivity index (χ4n) is 3.66. The Hall–Kier alpha value is -1.63. The van der Waals surface area contributed by atoms with Crippen LogP contribution in [0.2, 0.25) is 0 Å². The Kier molecular flexibility index (Phi) is 3.29. The van der Waals surface area contributed by atoms with E-state index in [0.717, 1.165) is 43.4 Å². The van der Waals surface area contributed by atoms with Crippen molar-refractivity contribution in [2.45, 2.75) is 63.4 Å². The number of hydrogen-bond acceptors (Lipinski definition) is 4. The fourth-order valence-corrected chi connectivity index (χ4v) is 3.66. The van der Waals surface area contributed by atoms with Crippen LogP contribution in [0.15, 0.2) is 4.99 Å². The number of guanidine groups is 1. The van der Waals surface area contributed by atoms with Crippen LogP contribution in [0, 0.1) is 0 Å². The minimum Gasteiger partial charge on any atom is -0.373 e. The first kappa shape index (κ1) is 13.1. The summed E-state index contributed by atoms with van der Waals surface area (Å²) in [5, 5.41) is 15.3. The van der Waals surface area contributed by atoms with E-state index >= 15 is 0 Å². The molecule has 0 radical (unpaired) electrons. The van der Waals surface area contributed by atoms with Crippen molar-refractivity contribution in [2.24, 2.45) is 4.99 Å². The van der Waals surface area contributed by atoms with Gasteiger partial charge in [0.05, 0.1) is 24.8 Å². The number of aliphatic imine (C=N–C) groups is 1. The van der Waals surface area contributed by atoms with Crippen molar-refractivity contribution in [1.82, 2.24) is 25.4 Å². The first-order chi connectivity index (χ1) is 10.3. The molecule has 2 N–H and O–H groups in total. The number of nitrogens with zero attached hydrogens (tertiary/aromatic N) is 4. The highest BCUT2D eigenvalue weighted by Crippen LogP contribution is 2.34. The van der Waals surface area contributed by atoms with Crippen LogP contribution >= 0.6 is 0 Å². The Balaban J connectivity index is 1.34. The van der Waals surface area contributed by atoms with Crippen molar-refractivity contribution >= 4 is 5.96 Å². The van der Waals surface area contributed by atoms with E-state index in [1.165, 1.54) is 12.8 Å². The van der Waals surface area contributed by atoms with E-state index in [9.17, 15) is 0 Å². The molecule has 2 saturated heterocycles. The maximum Gasteiger partial charge on any atom is 0.191 e. The topological polar surface area (TPSA) is 76.4 Å². The van der Waals surface area contributed by atoms with Crippen LogP contribution in [-0.4, -0.2) is 46.0 Å². The second kappa shape index (κ2) is 5.29. The second-order valence-corrected chi connectivity index (χ2v) is 6.07. The minimum atomic E-state index is 0.353. The number of rotatable bonds is 3. The van der Waals surface area contributed by atoms with Crippen LogP contribution in [0.5, 0.6) is 0 Å². The molecule has 7 nitrogen and oxygen atoms in total. The summed E-state index contributed by atoms with van der Waals surface area (Å²) in [7, 11) is 1.80. The minimum absolute atomic E-state index is 0.353. The highest BCUT2D eigenvalue weighted by atomic mass is 16.5. The largest absolute Gasteiger partial charge is 0.373 e. The molecule has 0 saturated carbocycles. The van der Waals surface area contributed by atoms with Gasteiger partial charge in [0.25, 0.3) is 0 Å². The first-order valence-corrected chi connectivity index (χ1v) is 7.87. The third kappa shape index (κ3) is 2.39. The molecule has 114 valence electrons. The van der Waals surface area contributed by atoms with Crippen molar-refractivity contribution in [3.05, 3.63) is 11.6 Å². The predicted molar refractivity (Wildman–Crippen MR) is 78.0 cm³/mol. The maximum absolute atomic E-state index is 5.87. The molecular formula is C14H22N6O. The molecule has 0 amide bonds. The lowest BCUT2D eigenvalue weighted by Crippen LogP contribution is -2.47. The smallest absolute Gasteiger partial charge is 0.191 e. The molecule has 3 aliphatic heterocycles. The average Bonchev–Trinajstić information content (AvgIpc) is 3.23. The van der Waals surface area contributed by atoms with Gasteiger partial charge in [0, 0.05) is 20.0 Å². The summed E-state index contributed by atoms with van der Waals surface area (Å²) in [4.78, 5) is 4.31. The zero-order valence-corrected chi connectivity index (χ0v) is 12.4. The molecule has 7 heteroatoms. The van der Waals surface area contributed by atoms with Gasteiger partial charge in [-0.15, -0.1) is 10.2 Å². The quantitative estimate of drug-likeness (QED) is 0.615. The van der Waals surface area contributed by atoms with E-state index in [0.29, 0.717) is 24.8 Å². The molecule has 3 aliphatic rings.